The summed E-state index contributed by atoms with van der Waals surface area (Å²) in [4.78, 5) is 21.2. The average Bonchev–Trinajstić information content (AvgIpc) is 3.54. The lowest BCUT2D eigenvalue weighted by atomic mass is 10.1. The van der Waals surface area contributed by atoms with E-state index in [2.05, 4.69) is 15.1 Å². The Morgan fingerprint density at radius 2 is 2.00 bits per heavy atom. The van der Waals surface area contributed by atoms with Gasteiger partial charge in [0, 0.05) is 48.1 Å². The zero-order valence-electron chi connectivity index (χ0n) is 17.5. The van der Waals surface area contributed by atoms with Crippen LogP contribution < -0.4 is 15.0 Å². The normalized spacial score (nSPS) is 17.6. The van der Waals surface area contributed by atoms with Gasteiger partial charge in [-0.3, -0.25) is 14.8 Å². The summed E-state index contributed by atoms with van der Waals surface area (Å²) in [5.74, 6) is 2.06. The van der Waals surface area contributed by atoms with Gasteiger partial charge in [-0.2, -0.15) is 0 Å². The van der Waals surface area contributed by atoms with E-state index in [1.165, 1.54) is 4.68 Å². The minimum Gasteiger partial charge on any atom is -0.495 e. The maximum atomic E-state index is 12.4. The molecule has 1 saturated carbocycles. The van der Waals surface area contributed by atoms with Crippen molar-refractivity contribution >= 4 is 0 Å². The molecule has 1 fully saturated rings. The van der Waals surface area contributed by atoms with Crippen LogP contribution in [-0.4, -0.2) is 33.5 Å². The van der Waals surface area contributed by atoms with Gasteiger partial charge in [-0.05, 0) is 49.9 Å². The number of hydrogen-bond acceptors (Lipinski definition) is 6. The number of hydrogen-bond donors (Lipinski definition) is 0. The topological polar surface area (TPSA) is 79.1 Å². The molecule has 3 aromatic heterocycles. The van der Waals surface area contributed by atoms with Crippen molar-refractivity contribution in [1.82, 2.24) is 19.7 Å². The highest BCUT2D eigenvalue weighted by Crippen LogP contribution is 2.46. The zero-order valence-corrected chi connectivity index (χ0v) is 17.5. The molecule has 0 aliphatic heterocycles. The van der Waals surface area contributed by atoms with Gasteiger partial charge in [-0.1, -0.05) is 6.07 Å². The number of methoxy groups -OCH3 is 1. The fraction of sp³-hybridized carbons (Fsp3) is 0.391. The fourth-order valence-electron chi connectivity index (χ4n) is 3.53. The largest absolute Gasteiger partial charge is 0.495 e. The number of aryl methyl sites for hydroxylation is 4. The van der Waals surface area contributed by atoms with Gasteiger partial charge >= 0.3 is 0 Å². The maximum Gasteiger partial charge on any atom is 0.269 e. The van der Waals surface area contributed by atoms with Crippen LogP contribution in [0.4, 0.5) is 0 Å². The Kier molecular flexibility index (Phi) is 5.79. The molecular formula is C23H26N4O3. The predicted molar refractivity (Wildman–Crippen MR) is 113 cm³/mol. The number of pyridine rings is 2. The summed E-state index contributed by atoms with van der Waals surface area (Å²) >= 11 is 0. The lowest BCUT2D eigenvalue weighted by molar-refractivity contribution is 0.277. The Labute approximate surface area is 175 Å². The maximum absolute atomic E-state index is 12.4. The second-order valence-electron chi connectivity index (χ2n) is 7.78. The molecule has 1 aliphatic rings. The first kappa shape index (κ1) is 20.1. The third-order valence-electron chi connectivity index (χ3n) is 5.51. The van der Waals surface area contributed by atoms with E-state index < -0.39 is 0 Å². The molecule has 4 rings (SSSR count). The van der Waals surface area contributed by atoms with E-state index in [0.29, 0.717) is 36.3 Å². The Morgan fingerprint density at radius 3 is 2.70 bits per heavy atom. The molecule has 0 spiro atoms. The lowest BCUT2D eigenvalue weighted by Gasteiger charge is -2.09. The number of aromatic nitrogens is 4. The number of rotatable bonds is 8. The second kappa shape index (κ2) is 8.65. The van der Waals surface area contributed by atoms with Gasteiger partial charge < -0.3 is 9.47 Å². The molecule has 0 amide bonds. The smallest absolute Gasteiger partial charge is 0.269 e. The minimum absolute atomic E-state index is 0.0887. The molecule has 0 aromatic carbocycles. The molecule has 7 nitrogen and oxygen atoms in total. The minimum atomic E-state index is -0.0887. The van der Waals surface area contributed by atoms with Crippen LogP contribution in [0.2, 0.25) is 0 Å². The Balaban J connectivity index is 1.36. The first-order valence-corrected chi connectivity index (χ1v) is 10.1. The van der Waals surface area contributed by atoms with Gasteiger partial charge in [0.25, 0.3) is 5.56 Å². The van der Waals surface area contributed by atoms with E-state index in [9.17, 15) is 4.79 Å². The van der Waals surface area contributed by atoms with Gasteiger partial charge in [0.05, 0.1) is 19.9 Å². The lowest BCUT2D eigenvalue weighted by Crippen LogP contribution is -2.24. The van der Waals surface area contributed by atoms with Crippen LogP contribution in [0.3, 0.4) is 0 Å². The molecule has 7 heteroatoms. The van der Waals surface area contributed by atoms with E-state index in [0.717, 1.165) is 35.5 Å². The van der Waals surface area contributed by atoms with Gasteiger partial charge in [0.15, 0.2) is 0 Å². The van der Waals surface area contributed by atoms with Gasteiger partial charge in [0.1, 0.15) is 5.75 Å². The summed E-state index contributed by atoms with van der Waals surface area (Å²) in [5, 5.41) is 4.26. The SMILES string of the molecule is COc1ccc([C@H]2C[C@@H]2COc2cc(CCc3ccc(C)nc3)c(=O)n(C)n2)nc1. The molecule has 2 atom stereocenters. The quantitative estimate of drug-likeness (QED) is 0.572. The van der Waals surface area contributed by atoms with Crippen LogP contribution in [0.1, 0.15) is 34.9 Å². The Morgan fingerprint density at radius 1 is 1.13 bits per heavy atom. The molecule has 30 heavy (non-hydrogen) atoms. The van der Waals surface area contributed by atoms with E-state index in [-0.39, 0.29) is 5.56 Å². The molecule has 1 aliphatic carbocycles. The molecule has 0 bridgehead atoms. The van der Waals surface area contributed by atoms with Crippen molar-refractivity contribution in [2.75, 3.05) is 13.7 Å². The van der Waals surface area contributed by atoms with Crippen molar-refractivity contribution in [3.05, 3.63) is 75.6 Å². The summed E-state index contributed by atoms with van der Waals surface area (Å²) in [6.07, 6.45) is 6.02. The van der Waals surface area contributed by atoms with Crippen molar-refractivity contribution in [2.45, 2.75) is 32.1 Å². The Bertz CT molecular complexity index is 1060. The first-order chi connectivity index (χ1) is 14.5. The van der Waals surface area contributed by atoms with Crippen molar-refractivity contribution in [3.8, 4) is 11.6 Å². The summed E-state index contributed by atoms with van der Waals surface area (Å²) in [5.41, 5.74) is 3.76. The predicted octanol–water partition coefficient (Wildman–Crippen LogP) is 2.86. The molecule has 3 heterocycles. The summed E-state index contributed by atoms with van der Waals surface area (Å²) in [6, 6.07) is 9.74. The summed E-state index contributed by atoms with van der Waals surface area (Å²) in [6.45, 7) is 2.52. The zero-order chi connectivity index (χ0) is 21.1. The molecule has 0 N–H and O–H groups in total. The standard InChI is InChI=1S/C23H26N4O3/c1-15-4-5-16(12-24-15)6-7-17-11-22(26-27(2)23(17)28)30-14-18-10-20(18)21-9-8-19(29-3)13-25-21/h4-5,8-9,11-13,18,20H,6-7,10,14H2,1-3H3/t18-,20+/m1/s1. The van der Waals surface area contributed by atoms with Crippen LogP contribution in [0.15, 0.2) is 47.5 Å². The monoisotopic (exact) mass is 406 g/mol. The summed E-state index contributed by atoms with van der Waals surface area (Å²) in [7, 11) is 3.30. The van der Waals surface area contributed by atoms with Crippen molar-refractivity contribution in [1.29, 1.82) is 0 Å². The van der Waals surface area contributed by atoms with Gasteiger partial charge in [0.2, 0.25) is 5.88 Å². The van der Waals surface area contributed by atoms with Crippen molar-refractivity contribution in [3.63, 3.8) is 0 Å². The van der Waals surface area contributed by atoms with Crippen molar-refractivity contribution < 1.29 is 9.47 Å². The highest BCUT2D eigenvalue weighted by Gasteiger charge is 2.40. The van der Waals surface area contributed by atoms with Gasteiger partial charge in [-0.25, -0.2) is 4.68 Å². The number of ether oxygens (including phenoxy) is 2. The number of nitrogens with zero attached hydrogens (tertiary/aromatic N) is 4. The molecule has 156 valence electrons. The van der Waals surface area contributed by atoms with E-state index >= 15 is 0 Å². The molecule has 0 unspecified atom stereocenters. The molecular weight excluding hydrogens is 380 g/mol. The molecule has 0 saturated heterocycles. The molecule has 0 radical (unpaired) electrons. The highest BCUT2D eigenvalue weighted by atomic mass is 16.5. The van der Waals surface area contributed by atoms with E-state index in [4.69, 9.17) is 9.47 Å². The van der Waals surface area contributed by atoms with Crippen LogP contribution in [0.25, 0.3) is 0 Å². The van der Waals surface area contributed by atoms with E-state index in [1.807, 2.05) is 37.4 Å². The van der Waals surface area contributed by atoms with Crippen molar-refractivity contribution in [2.24, 2.45) is 13.0 Å². The van der Waals surface area contributed by atoms with Crippen LogP contribution >= 0.6 is 0 Å². The summed E-state index contributed by atoms with van der Waals surface area (Å²) < 4.78 is 12.4. The third-order valence-corrected chi connectivity index (χ3v) is 5.51. The van der Waals surface area contributed by atoms with Gasteiger partial charge in [-0.15, -0.1) is 5.10 Å². The third kappa shape index (κ3) is 4.67. The second-order valence-corrected chi connectivity index (χ2v) is 7.78. The molecule has 3 aromatic rings. The van der Waals surface area contributed by atoms with Crippen LogP contribution in [0, 0.1) is 12.8 Å². The highest BCUT2D eigenvalue weighted by molar-refractivity contribution is 5.26. The van der Waals surface area contributed by atoms with E-state index in [1.54, 1.807) is 26.4 Å². The fourth-order valence-corrected chi connectivity index (χ4v) is 3.53. The first-order valence-electron chi connectivity index (χ1n) is 10.1. The Hall–Kier alpha value is -3.22. The van der Waals surface area contributed by atoms with Crippen LogP contribution in [-0.2, 0) is 19.9 Å². The average molecular weight is 406 g/mol. The van der Waals surface area contributed by atoms with Crippen LogP contribution in [0.5, 0.6) is 11.6 Å².